The van der Waals surface area contributed by atoms with Gasteiger partial charge in [0.05, 0.1) is 5.69 Å². The summed E-state index contributed by atoms with van der Waals surface area (Å²) in [6.07, 6.45) is 0. The maximum Gasteiger partial charge on any atom is 0.278 e. The smallest absolute Gasteiger partial charge is 0.270 e. The number of carbonyl (C=O) groups excluding carboxylic acids is 2. The van der Waals surface area contributed by atoms with Crippen LogP contribution in [0.2, 0.25) is 10.0 Å². The number of rotatable bonds is 3. The minimum Gasteiger partial charge on any atom is -0.270 e. The minimum atomic E-state index is -0.654. The van der Waals surface area contributed by atoms with E-state index in [4.69, 9.17) is 46.6 Å². The van der Waals surface area contributed by atoms with Crippen molar-refractivity contribution in [1.82, 2.24) is 4.53 Å². The standard InChI is InChI=1S/C15H10Cl4N2O2/c16-9-14(22)21(19)20(13-4-2-1-3-5-13)15(23)10-6-11(17)8-12(18)7-10/h1-8H,9H2. The molecule has 120 valence electrons. The van der Waals surface area contributed by atoms with Crippen LogP contribution in [0.25, 0.3) is 0 Å². The molecule has 0 aliphatic heterocycles. The first-order valence-corrected chi connectivity index (χ1v) is 7.97. The molecule has 0 fully saturated rings. The second-order valence-corrected chi connectivity index (χ2v) is 5.86. The quantitative estimate of drug-likeness (QED) is 0.429. The Bertz CT molecular complexity index is 704. The highest BCUT2D eigenvalue weighted by molar-refractivity contribution is 6.36. The first kappa shape index (κ1) is 17.9. The molecule has 0 atom stereocenters. The first-order chi connectivity index (χ1) is 10.9. The van der Waals surface area contributed by atoms with Crippen LogP contribution in [-0.2, 0) is 4.79 Å². The van der Waals surface area contributed by atoms with Crippen LogP contribution >= 0.6 is 46.6 Å². The highest BCUT2D eigenvalue weighted by Gasteiger charge is 2.27. The molecule has 8 heteroatoms. The van der Waals surface area contributed by atoms with Crippen molar-refractivity contribution < 1.29 is 9.59 Å². The van der Waals surface area contributed by atoms with Gasteiger partial charge < -0.3 is 0 Å². The van der Waals surface area contributed by atoms with Gasteiger partial charge in [-0.3, -0.25) is 9.59 Å². The number of hydrogen-bond acceptors (Lipinski definition) is 2. The molecule has 0 bridgehead atoms. The van der Waals surface area contributed by atoms with E-state index in [9.17, 15) is 9.59 Å². The summed E-state index contributed by atoms with van der Waals surface area (Å²) in [6, 6.07) is 12.8. The Morgan fingerprint density at radius 3 is 2.04 bits per heavy atom. The third kappa shape index (κ3) is 4.30. The largest absolute Gasteiger partial charge is 0.278 e. The molecule has 0 radical (unpaired) electrons. The molecule has 0 saturated carbocycles. The summed E-state index contributed by atoms with van der Waals surface area (Å²) in [4.78, 5) is 24.6. The number of benzene rings is 2. The van der Waals surface area contributed by atoms with Gasteiger partial charge in [0, 0.05) is 27.4 Å². The summed E-state index contributed by atoms with van der Waals surface area (Å²) in [7, 11) is 0. The Kier molecular flexibility index (Phi) is 6.13. The average molecular weight is 392 g/mol. The number of para-hydroxylation sites is 1. The molecule has 2 aromatic rings. The summed E-state index contributed by atoms with van der Waals surface area (Å²) in [5.41, 5.74) is 0.571. The van der Waals surface area contributed by atoms with Crippen molar-refractivity contribution in [2.24, 2.45) is 0 Å². The number of anilines is 1. The summed E-state index contributed by atoms with van der Waals surface area (Å²) in [5.74, 6) is -1.61. The van der Waals surface area contributed by atoms with Crippen molar-refractivity contribution >= 4 is 64.1 Å². The number of alkyl halides is 1. The second-order valence-electron chi connectivity index (χ2n) is 4.40. The minimum absolute atomic E-state index is 0.180. The first-order valence-electron chi connectivity index (χ1n) is 6.34. The maximum absolute atomic E-state index is 12.8. The van der Waals surface area contributed by atoms with Gasteiger partial charge in [0.2, 0.25) is 0 Å². The lowest BCUT2D eigenvalue weighted by Crippen LogP contribution is -2.45. The van der Waals surface area contributed by atoms with E-state index in [0.717, 1.165) is 5.01 Å². The highest BCUT2D eigenvalue weighted by atomic mass is 35.5. The van der Waals surface area contributed by atoms with E-state index >= 15 is 0 Å². The summed E-state index contributed by atoms with van der Waals surface area (Å²) in [6.45, 7) is 0. The molecule has 0 N–H and O–H groups in total. The predicted octanol–water partition coefficient (Wildman–Crippen LogP) is 4.78. The van der Waals surface area contributed by atoms with Gasteiger partial charge in [0.25, 0.3) is 11.8 Å². The molecule has 2 amide bonds. The van der Waals surface area contributed by atoms with E-state index < -0.39 is 11.8 Å². The Morgan fingerprint density at radius 1 is 0.957 bits per heavy atom. The van der Waals surface area contributed by atoms with Crippen LogP contribution < -0.4 is 5.01 Å². The van der Waals surface area contributed by atoms with Crippen molar-refractivity contribution in [1.29, 1.82) is 0 Å². The van der Waals surface area contributed by atoms with Crippen LogP contribution in [0, 0.1) is 0 Å². The van der Waals surface area contributed by atoms with Gasteiger partial charge in [-0.15, -0.1) is 16.1 Å². The molecule has 0 heterocycles. The zero-order valence-corrected chi connectivity index (χ0v) is 14.6. The van der Waals surface area contributed by atoms with Gasteiger partial charge in [-0.2, -0.15) is 5.01 Å². The third-order valence-electron chi connectivity index (χ3n) is 2.80. The third-order valence-corrected chi connectivity index (χ3v) is 3.80. The van der Waals surface area contributed by atoms with E-state index in [1.165, 1.54) is 18.2 Å². The van der Waals surface area contributed by atoms with Crippen LogP contribution in [0.1, 0.15) is 10.4 Å². The topological polar surface area (TPSA) is 40.6 Å². The van der Waals surface area contributed by atoms with Crippen LogP contribution in [0.15, 0.2) is 48.5 Å². The number of hydrazine groups is 1. The van der Waals surface area contributed by atoms with Gasteiger partial charge >= 0.3 is 0 Å². The molecule has 0 unspecified atom stereocenters. The molecule has 2 aromatic carbocycles. The van der Waals surface area contributed by atoms with Crippen molar-refractivity contribution in [3.63, 3.8) is 0 Å². The van der Waals surface area contributed by atoms with Crippen LogP contribution in [-0.4, -0.2) is 22.2 Å². The van der Waals surface area contributed by atoms with Crippen LogP contribution in [0.5, 0.6) is 0 Å². The molecule has 4 nitrogen and oxygen atoms in total. The van der Waals surface area contributed by atoms with Crippen LogP contribution in [0.3, 0.4) is 0 Å². The summed E-state index contributed by atoms with van der Waals surface area (Å²) in [5, 5.41) is 1.58. The van der Waals surface area contributed by atoms with E-state index in [2.05, 4.69) is 0 Å². The number of carbonyl (C=O) groups is 2. The molecule has 0 aliphatic rings. The van der Waals surface area contributed by atoms with Gasteiger partial charge in [-0.25, -0.2) is 0 Å². The summed E-state index contributed by atoms with van der Waals surface area (Å²) < 4.78 is 0.638. The lowest BCUT2D eigenvalue weighted by Gasteiger charge is -2.28. The normalized spacial score (nSPS) is 10.3. The fourth-order valence-corrected chi connectivity index (χ4v) is 2.74. The number of hydrogen-bond donors (Lipinski definition) is 0. The number of halogens is 4. The lowest BCUT2D eigenvalue weighted by atomic mass is 10.2. The zero-order chi connectivity index (χ0) is 17.0. The Hall–Kier alpha value is -1.46. The van der Waals surface area contributed by atoms with E-state index in [1.54, 1.807) is 30.3 Å². The molecule has 0 aromatic heterocycles. The van der Waals surface area contributed by atoms with Gasteiger partial charge in [0.1, 0.15) is 5.88 Å². The Morgan fingerprint density at radius 2 is 1.52 bits per heavy atom. The SMILES string of the molecule is O=C(CCl)N(Cl)N(C(=O)c1cc(Cl)cc(Cl)c1)c1ccccc1. The van der Waals surface area contributed by atoms with Gasteiger partial charge in [0.15, 0.2) is 0 Å². The highest BCUT2D eigenvalue weighted by Crippen LogP contribution is 2.25. The molecular formula is C15H10Cl4N2O2. The second kappa shape index (κ2) is 7.88. The van der Waals surface area contributed by atoms with E-state index in [0.29, 0.717) is 20.3 Å². The fourth-order valence-electron chi connectivity index (χ4n) is 1.83. The van der Waals surface area contributed by atoms with Crippen LogP contribution in [0.4, 0.5) is 5.69 Å². The van der Waals surface area contributed by atoms with Gasteiger partial charge in [-0.1, -0.05) is 41.4 Å². The zero-order valence-electron chi connectivity index (χ0n) is 11.5. The maximum atomic E-state index is 12.8. The average Bonchev–Trinajstić information content (AvgIpc) is 2.54. The number of amides is 2. The lowest BCUT2D eigenvalue weighted by molar-refractivity contribution is -0.124. The predicted molar refractivity (Wildman–Crippen MR) is 93.1 cm³/mol. The fraction of sp³-hybridized carbons (Fsp3) is 0.0667. The monoisotopic (exact) mass is 390 g/mol. The van der Waals surface area contributed by atoms with Crippen molar-refractivity contribution in [2.45, 2.75) is 0 Å². The molecule has 2 rings (SSSR count). The van der Waals surface area contributed by atoms with Crippen molar-refractivity contribution in [2.75, 3.05) is 10.9 Å². The molecule has 0 spiro atoms. The molecule has 23 heavy (non-hydrogen) atoms. The Balaban J connectivity index is 2.48. The number of nitrogens with zero attached hydrogens (tertiary/aromatic N) is 2. The van der Waals surface area contributed by atoms with E-state index in [-0.39, 0.29) is 11.4 Å². The van der Waals surface area contributed by atoms with Gasteiger partial charge in [-0.05, 0) is 30.3 Å². The molecule has 0 saturated heterocycles. The van der Waals surface area contributed by atoms with Crippen molar-refractivity contribution in [3.05, 3.63) is 64.1 Å². The summed E-state index contributed by atoms with van der Waals surface area (Å²) >= 11 is 23.4. The molecular weight excluding hydrogens is 382 g/mol. The van der Waals surface area contributed by atoms with E-state index in [1.807, 2.05) is 0 Å². The van der Waals surface area contributed by atoms with Crippen molar-refractivity contribution in [3.8, 4) is 0 Å². The molecule has 0 aliphatic carbocycles. The Labute approximate surface area is 153 Å².